The first-order valence-electron chi connectivity index (χ1n) is 12.7. The number of hydrogen-bond acceptors (Lipinski definition) is 5. The summed E-state index contributed by atoms with van der Waals surface area (Å²) in [6.45, 7) is 4.84. The first-order valence-corrected chi connectivity index (χ1v) is 12.7. The molecule has 0 amide bonds. The molecule has 0 fully saturated rings. The first kappa shape index (κ1) is 24.9. The van der Waals surface area contributed by atoms with Gasteiger partial charge in [0.05, 0.1) is 12.8 Å². The minimum absolute atomic E-state index is 0.313. The van der Waals surface area contributed by atoms with Crippen LogP contribution in [0.2, 0.25) is 0 Å². The second-order valence-electron chi connectivity index (χ2n) is 9.48. The summed E-state index contributed by atoms with van der Waals surface area (Å²) in [4.78, 5) is 2.28. The molecule has 5 heteroatoms. The normalized spacial score (nSPS) is 13.0. The van der Waals surface area contributed by atoms with Gasteiger partial charge in [-0.1, -0.05) is 31.2 Å². The van der Waals surface area contributed by atoms with E-state index in [-0.39, 0.29) is 0 Å². The Morgan fingerprint density at radius 2 is 1.74 bits per heavy atom. The monoisotopic (exact) mass is 474 g/mol. The average molecular weight is 475 g/mol. The van der Waals surface area contributed by atoms with Gasteiger partial charge < -0.3 is 25.2 Å². The number of nitrogens with zero attached hydrogens (tertiary/aromatic N) is 1. The number of nitrogen functional groups attached to an aromatic ring is 1. The van der Waals surface area contributed by atoms with Crippen LogP contribution in [0.4, 0.5) is 5.69 Å². The molecule has 0 aliphatic heterocycles. The molecule has 0 aromatic heterocycles. The Bertz CT molecular complexity index is 1140. The summed E-state index contributed by atoms with van der Waals surface area (Å²) in [5.74, 6) is 1.84. The molecule has 3 N–H and O–H groups in total. The van der Waals surface area contributed by atoms with Crippen LogP contribution in [-0.4, -0.2) is 43.9 Å². The van der Waals surface area contributed by atoms with Crippen LogP contribution in [0.5, 0.6) is 17.2 Å². The van der Waals surface area contributed by atoms with E-state index in [1.54, 1.807) is 7.11 Å². The molecule has 0 heterocycles. The standard InChI is InChI=1S/C30H38N2O3/c1-4-17-32(2)18-19-35-23-12-9-21(10-13-23)20-26-25(14-16-28(34-3)30(26)31)29-24-8-6-5-7-22(24)11-15-27(29)33/h9-16,33H,4-8,17-20,31H2,1-3H3. The summed E-state index contributed by atoms with van der Waals surface area (Å²) < 4.78 is 11.5. The van der Waals surface area contributed by atoms with E-state index in [2.05, 4.69) is 37.1 Å². The number of hydrogen-bond donors (Lipinski definition) is 2. The van der Waals surface area contributed by atoms with Crippen molar-refractivity contribution in [2.24, 2.45) is 0 Å². The molecule has 3 aromatic rings. The molecule has 0 saturated heterocycles. The smallest absolute Gasteiger partial charge is 0.142 e. The number of phenols is 1. The number of anilines is 1. The fourth-order valence-corrected chi connectivity index (χ4v) is 5.08. The van der Waals surface area contributed by atoms with Crippen LogP contribution in [0, 0.1) is 0 Å². The third-order valence-corrected chi connectivity index (χ3v) is 6.97. The number of benzene rings is 3. The van der Waals surface area contributed by atoms with Gasteiger partial charge in [0.25, 0.3) is 0 Å². The van der Waals surface area contributed by atoms with Gasteiger partial charge in [-0.15, -0.1) is 0 Å². The molecule has 0 saturated carbocycles. The summed E-state index contributed by atoms with van der Waals surface area (Å²) >= 11 is 0. The maximum atomic E-state index is 10.9. The zero-order chi connectivity index (χ0) is 24.8. The fourth-order valence-electron chi connectivity index (χ4n) is 5.08. The van der Waals surface area contributed by atoms with Crippen molar-refractivity contribution in [1.82, 2.24) is 4.90 Å². The zero-order valence-corrected chi connectivity index (χ0v) is 21.3. The van der Waals surface area contributed by atoms with Crippen molar-refractivity contribution < 1.29 is 14.6 Å². The van der Waals surface area contributed by atoms with Gasteiger partial charge >= 0.3 is 0 Å². The van der Waals surface area contributed by atoms with Gasteiger partial charge in [0.15, 0.2) is 0 Å². The number of methoxy groups -OCH3 is 1. The van der Waals surface area contributed by atoms with Crippen LogP contribution in [-0.2, 0) is 19.3 Å². The van der Waals surface area contributed by atoms with Crippen LogP contribution in [0.25, 0.3) is 11.1 Å². The fraction of sp³-hybridized carbons (Fsp3) is 0.400. The van der Waals surface area contributed by atoms with E-state index in [9.17, 15) is 5.11 Å². The number of aryl methyl sites for hydroxylation is 1. The maximum Gasteiger partial charge on any atom is 0.142 e. The van der Waals surface area contributed by atoms with Crippen molar-refractivity contribution in [3.8, 4) is 28.4 Å². The molecule has 0 unspecified atom stereocenters. The number of nitrogens with two attached hydrogens (primary N) is 1. The number of rotatable bonds is 10. The largest absolute Gasteiger partial charge is 0.507 e. The molecular weight excluding hydrogens is 436 g/mol. The summed E-state index contributed by atoms with van der Waals surface area (Å²) in [5, 5.41) is 10.9. The van der Waals surface area contributed by atoms with Gasteiger partial charge in [0.2, 0.25) is 0 Å². The predicted octanol–water partition coefficient (Wildman–Crippen LogP) is 5.84. The molecule has 35 heavy (non-hydrogen) atoms. The third-order valence-electron chi connectivity index (χ3n) is 6.97. The van der Waals surface area contributed by atoms with Crippen LogP contribution in [0.15, 0.2) is 48.5 Å². The molecule has 0 spiro atoms. The summed E-state index contributed by atoms with van der Waals surface area (Å²) in [6, 6.07) is 16.1. The van der Waals surface area contributed by atoms with Crippen molar-refractivity contribution >= 4 is 5.69 Å². The lowest BCUT2D eigenvalue weighted by atomic mass is 9.83. The van der Waals surface area contributed by atoms with E-state index in [4.69, 9.17) is 15.2 Å². The highest BCUT2D eigenvalue weighted by atomic mass is 16.5. The highest BCUT2D eigenvalue weighted by Crippen LogP contribution is 2.43. The van der Waals surface area contributed by atoms with Gasteiger partial charge in [-0.3, -0.25) is 0 Å². The van der Waals surface area contributed by atoms with E-state index in [1.807, 2.05) is 30.3 Å². The number of aromatic hydroxyl groups is 1. The Balaban J connectivity index is 1.61. The van der Waals surface area contributed by atoms with Crippen molar-refractivity contribution in [3.63, 3.8) is 0 Å². The first-order chi connectivity index (χ1) is 17.0. The minimum atomic E-state index is 0.313. The van der Waals surface area contributed by atoms with Crippen molar-refractivity contribution in [2.45, 2.75) is 45.4 Å². The van der Waals surface area contributed by atoms with Crippen LogP contribution < -0.4 is 15.2 Å². The molecule has 0 atom stereocenters. The Kier molecular flexibility index (Phi) is 8.19. The highest BCUT2D eigenvalue weighted by Gasteiger charge is 2.22. The quantitative estimate of drug-likeness (QED) is 0.361. The topological polar surface area (TPSA) is 68.0 Å². The molecular formula is C30H38N2O3. The number of phenolic OH excluding ortho intramolecular Hbond substituents is 1. The van der Waals surface area contributed by atoms with Crippen LogP contribution in [0.3, 0.4) is 0 Å². The van der Waals surface area contributed by atoms with E-state index in [0.29, 0.717) is 30.2 Å². The van der Waals surface area contributed by atoms with Crippen molar-refractivity contribution in [1.29, 1.82) is 0 Å². The van der Waals surface area contributed by atoms with E-state index >= 15 is 0 Å². The molecule has 4 rings (SSSR count). The molecule has 1 aliphatic rings. The van der Waals surface area contributed by atoms with Gasteiger partial charge in [-0.25, -0.2) is 0 Å². The average Bonchev–Trinajstić information content (AvgIpc) is 2.87. The van der Waals surface area contributed by atoms with Crippen LogP contribution >= 0.6 is 0 Å². The number of fused-ring (bicyclic) bond motifs is 1. The third kappa shape index (κ3) is 5.73. The van der Waals surface area contributed by atoms with Crippen molar-refractivity contribution in [2.75, 3.05) is 39.6 Å². The Labute approximate surface area is 209 Å². The van der Waals surface area contributed by atoms with Gasteiger partial charge in [-0.2, -0.15) is 0 Å². The zero-order valence-electron chi connectivity index (χ0n) is 21.3. The highest BCUT2D eigenvalue weighted by molar-refractivity contribution is 5.83. The molecule has 1 aliphatic carbocycles. The van der Waals surface area contributed by atoms with Crippen LogP contribution in [0.1, 0.15) is 48.4 Å². The number of ether oxygens (including phenoxy) is 2. The molecule has 0 radical (unpaired) electrons. The van der Waals surface area contributed by atoms with E-state index in [0.717, 1.165) is 66.8 Å². The predicted molar refractivity (Wildman–Crippen MR) is 144 cm³/mol. The van der Waals surface area contributed by atoms with Gasteiger partial charge in [-0.05, 0) is 97.8 Å². The van der Waals surface area contributed by atoms with Gasteiger partial charge in [0.1, 0.15) is 23.9 Å². The van der Waals surface area contributed by atoms with E-state index in [1.165, 1.54) is 17.5 Å². The van der Waals surface area contributed by atoms with Gasteiger partial charge in [0, 0.05) is 18.5 Å². The molecule has 0 bridgehead atoms. The second kappa shape index (κ2) is 11.5. The lowest BCUT2D eigenvalue weighted by Crippen LogP contribution is -2.24. The SMILES string of the molecule is CCCN(C)CCOc1ccc(Cc2c(-c3c(O)ccc4c3CCCC4)ccc(OC)c2N)cc1. The minimum Gasteiger partial charge on any atom is -0.507 e. The molecule has 186 valence electrons. The Hall–Kier alpha value is -3.18. The summed E-state index contributed by atoms with van der Waals surface area (Å²) in [5.41, 5.74) is 13.8. The number of likely N-dealkylation sites (N-methyl/N-ethyl adjacent to an activating group) is 1. The Morgan fingerprint density at radius 1 is 0.971 bits per heavy atom. The maximum absolute atomic E-state index is 10.9. The molecule has 3 aromatic carbocycles. The molecule has 5 nitrogen and oxygen atoms in total. The van der Waals surface area contributed by atoms with Crippen molar-refractivity contribution in [3.05, 3.63) is 70.8 Å². The summed E-state index contributed by atoms with van der Waals surface area (Å²) in [7, 11) is 3.76. The summed E-state index contributed by atoms with van der Waals surface area (Å²) in [6.07, 6.45) is 6.15. The lowest BCUT2D eigenvalue weighted by Gasteiger charge is -2.23. The lowest BCUT2D eigenvalue weighted by molar-refractivity contribution is 0.237. The Morgan fingerprint density at radius 3 is 2.49 bits per heavy atom. The second-order valence-corrected chi connectivity index (χ2v) is 9.48. The van der Waals surface area contributed by atoms with E-state index < -0.39 is 0 Å².